The molecular weight excluding hydrogens is 441 g/mol. The second-order valence-electron chi connectivity index (χ2n) is 9.98. The van der Waals surface area contributed by atoms with Gasteiger partial charge in [0.2, 0.25) is 5.95 Å². The van der Waals surface area contributed by atoms with Crippen LogP contribution >= 0.6 is 0 Å². The normalized spacial score (nSPS) is 18.7. The highest BCUT2D eigenvalue weighted by Crippen LogP contribution is 2.57. The molecule has 1 aromatic heterocycles. The van der Waals surface area contributed by atoms with Gasteiger partial charge in [0.15, 0.2) is 0 Å². The molecule has 6 rings (SSSR count). The summed E-state index contributed by atoms with van der Waals surface area (Å²) >= 11 is 0. The van der Waals surface area contributed by atoms with Crippen LogP contribution in [0.4, 0.5) is 16.0 Å². The minimum atomic E-state index is -0.286. The van der Waals surface area contributed by atoms with Gasteiger partial charge in [-0.3, -0.25) is 9.69 Å². The molecule has 2 aromatic carbocycles. The molecule has 180 valence electrons. The van der Waals surface area contributed by atoms with E-state index in [0.717, 1.165) is 69.8 Å². The molecule has 2 fully saturated rings. The average Bonchev–Trinajstić information content (AvgIpc) is 3.61. The third-order valence-electron chi connectivity index (χ3n) is 7.68. The summed E-state index contributed by atoms with van der Waals surface area (Å²) < 4.78 is 14.2. The van der Waals surface area contributed by atoms with Crippen molar-refractivity contribution in [2.75, 3.05) is 44.2 Å². The Morgan fingerprint density at radius 1 is 1.03 bits per heavy atom. The van der Waals surface area contributed by atoms with Crippen LogP contribution in [0.5, 0.6) is 0 Å². The third kappa shape index (κ3) is 3.97. The van der Waals surface area contributed by atoms with Crippen molar-refractivity contribution in [1.29, 1.82) is 0 Å². The SMILES string of the molecule is CCCN1CCN(C(=O)c2ccc3c(c2)N(c2ncc(-c4ccccc4F)cn2)CC32CC2)CC1. The van der Waals surface area contributed by atoms with Crippen molar-refractivity contribution >= 4 is 17.5 Å². The summed E-state index contributed by atoms with van der Waals surface area (Å²) in [5, 5.41) is 0. The van der Waals surface area contributed by atoms with Crippen molar-refractivity contribution in [2.45, 2.75) is 31.6 Å². The summed E-state index contributed by atoms with van der Waals surface area (Å²) in [6.45, 7) is 7.50. The van der Waals surface area contributed by atoms with Crippen LogP contribution in [0, 0.1) is 5.82 Å². The maximum Gasteiger partial charge on any atom is 0.254 e. The van der Waals surface area contributed by atoms with E-state index in [9.17, 15) is 9.18 Å². The molecule has 6 nitrogen and oxygen atoms in total. The minimum absolute atomic E-state index is 0.0939. The molecule has 2 aliphatic heterocycles. The van der Waals surface area contributed by atoms with Gasteiger partial charge in [-0.05, 0) is 49.6 Å². The number of carbonyl (C=O) groups is 1. The summed E-state index contributed by atoms with van der Waals surface area (Å²) in [6, 6.07) is 12.8. The van der Waals surface area contributed by atoms with Gasteiger partial charge in [-0.15, -0.1) is 0 Å². The second kappa shape index (κ2) is 8.72. The molecule has 1 amide bonds. The molecule has 3 heterocycles. The lowest BCUT2D eigenvalue weighted by Gasteiger charge is -2.34. The third-order valence-corrected chi connectivity index (χ3v) is 7.68. The molecule has 1 saturated heterocycles. The van der Waals surface area contributed by atoms with Crippen molar-refractivity contribution in [2.24, 2.45) is 0 Å². The minimum Gasteiger partial charge on any atom is -0.336 e. The van der Waals surface area contributed by atoms with Crippen molar-refractivity contribution in [3.05, 3.63) is 71.8 Å². The number of aromatic nitrogens is 2. The lowest BCUT2D eigenvalue weighted by atomic mass is 9.97. The first-order valence-corrected chi connectivity index (χ1v) is 12.6. The molecule has 35 heavy (non-hydrogen) atoms. The Morgan fingerprint density at radius 2 is 1.77 bits per heavy atom. The van der Waals surface area contributed by atoms with Crippen LogP contribution in [-0.2, 0) is 5.41 Å². The van der Waals surface area contributed by atoms with E-state index in [1.807, 2.05) is 23.1 Å². The molecule has 1 aliphatic carbocycles. The van der Waals surface area contributed by atoms with Gasteiger partial charge >= 0.3 is 0 Å². The molecule has 0 atom stereocenters. The maximum absolute atomic E-state index is 14.2. The van der Waals surface area contributed by atoms with Crippen LogP contribution in [0.2, 0.25) is 0 Å². The van der Waals surface area contributed by atoms with Gasteiger partial charge in [-0.2, -0.15) is 0 Å². The fourth-order valence-electron chi connectivity index (χ4n) is 5.53. The standard InChI is InChI=1S/C28H30FN5O/c1-2-11-32-12-14-33(15-13-32)26(35)20-7-8-23-25(16-20)34(19-28(23)9-10-28)27-30-17-21(18-31-27)22-5-3-4-6-24(22)29/h3-8,16-18H,2,9-15,19H2,1H3. The van der Waals surface area contributed by atoms with Gasteiger partial charge < -0.3 is 9.80 Å². The Balaban J connectivity index is 1.26. The van der Waals surface area contributed by atoms with Gasteiger partial charge in [0.1, 0.15) is 5.82 Å². The zero-order valence-electron chi connectivity index (χ0n) is 20.1. The summed E-state index contributed by atoms with van der Waals surface area (Å²) in [6.07, 6.45) is 6.78. The van der Waals surface area contributed by atoms with Crippen LogP contribution in [0.25, 0.3) is 11.1 Å². The average molecular weight is 472 g/mol. The lowest BCUT2D eigenvalue weighted by Crippen LogP contribution is -2.48. The van der Waals surface area contributed by atoms with Crippen molar-refractivity contribution < 1.29 is 9.18 Å². The fraction of sp³-hybridized carbons (Fsp3) is 0.393. The Morgan fingerprint density at radius 3 is 2.46 bits per heavy atom. The molecular formula is C28H30FN5O. The van der Waals surface area contributed by atoms with Gasteiger partial charge in [-0.25, -0.2) is 14.4 Å². The molecule has 1 saturated carbocycles. The summed E-state index contributed by atoms with van der Waals surface area (Å²) in [5.41, 5.74) is 4.31. The molecule has 3 aliphatic rings. The van der Waals surface area contributed by atoms with E-state index < -0.39 is 0 Å². The number of amides is 1. The van der Waals surface area contributed by atoms with E-state index >= 15 is 0 Å². The van der Waals surface area contributed by atoms with Gasteiger partial charge in [0.05, 0.1) is 0 Å². The van der Waals surface area contributed by atoms with Crippen LogP contribution in [0.1, 0.15) is 42.1 Å². The molecule has 7 heteroatoms. The maximum atomic E-state index is 14.2. The van der Waals surface area contributed by atoms with Crippen LogP contribution < -0.4 is 4.90 Å². The zero-order chi connectivity index (χ0) is 24.0. The number of rotatable bonds is 5. The Hall–Kier alpha value is -3.32. The Labute approximate surface area is 205 Å². The smallest absolute Gasteiger partial charge is 0.254 e. The fourth-order valence-corrected chi connectivity index (χ4v) is 5.53. The first kappa shape index (κ1) is 22.2. The topological polar surface area (TPSA) is 52.6 Å². The van der Waals surface area contributed by atoms with Gasteiger partial charge in [0.25, 0.3) is 5.91 Å². The van der Waals surface area contributed by atoms with E-state index in [2.05, 4.69) is 32.8 Å². The number of anilines is 2. The highest BCUT2D eigenvalue weighted by Gasteiger charge is 2.52. The van der Waals surface area contributed by atoms with E-state index in [-0.39, 0.29) is 17.1 Å². The van der Waals surface area contributed by atoms with E-state index in [1.54, 1.807) is 24.5 Å². The quantitative estimate of drug-likeness (QED) is 0.543. The molecule has 0 unspecified atom stereocenters. The largest absolute Gasteiger partial charge is 0.336 e. The van der Waals surface area contributed by atoms with E-state index in [0.29, 0.717) is 17.1 Å². The second-order valence-corrected chi connectivity index (χ2v) is 9.98. The number of nitrogens with zero attached hydrogens (tertiary/aromatic N) is 5. The summed E-state index contributed by atoms with van der Waals surface area (Å²) in [4.78, 5) is 29.1. The van der Waals surface area contributed by atoms with Crippen LogP contribution in [0.15, 0.2) is 54.9 Å². The molecule has 3 aromatic rings. The van der Waals surface area contributed by atoms with Crippen molar-refractivity contribution in [1.82, 2.24) is 19.8 Å². The number of hydrogen-bond acceptors (Lipinski definition) is 5. The number of benzene rings is 2. The number of carbonyl (C=O) groups excluding carboxylic acids is 1. The first-order valence-electron chi connectivity index (χ1n) is 12.6. The van der Waals surface area contributed by atoms with E-state index in [4.69, 9.17) is 0 Å². The zero-order valence-corrected chi connectivity index (χ0v) is 20.1. The van der Waals surface area contributed by atoms with Crippen LogP contribution in [0.3, 0.4) is 0 Å². The predicted molar refractivity (Wildman–Crippen MR) is 134 cm³/mol. The predicted octanol–water partition coefficient (Wildman–Crippen LogP) is 4.63. The molecule has 0 N–H and O–H groups in total. The lowest BCUT2D eigenvalue weighted by molar-refractivity contribution is 0.0637. The van der Waals surface area contributed by atoms with E-state index in [1.165, 1.54) is 11.6 Å². The summed E-state index contributed by atoms with van der Waals surface area (Å²) in [7, 11) is 0. The van der Waals surface area contributed by atoms with Crippen LogP contribution in [-0.4, -0.2) is 64.9 Å². The molecule has 1 spiro atoms. The van der Waals surface area contributed by atoms with Crippen molar-refractivity contribution in [3.8, 4) is 11.1 Å². The number of piperazine rings is 1. The van der Waals surface area contributed by atoms with Crippen molar-refractivity contribution in [3.63, 3.8) is 0 Å². The number of halogens is 1. The highest BCUT2D eigenvalue weighted by molar-refractivity contribution is 5.96. The van der Waals surface area contributed by atoms with Gasteiger partial charge in [-0.1, -0.05) is 31.2 Å². The Bertz CT molecular complexity index is 1250. The molecule has 0 bridgehead atoms. The monoisotopic (exact) mass is 471 g/mol. The molecule has 0 radical (unpaired) electrons. The number of fused-ring (bicyclic) bond motifs is 2. The number of hydrogen-bond donors (Lipinski definition) is 0. The summed E-state index contributed by atoms with van der Waals surface area (Å²) in [5.74, 6) is 0.398. The first-order chi connectivity index (χ1) is 17.1. The Kier molecular flexibility index (Phi) is 5.52. The highest BCUT2D eigenvalue weighted by atomic mass is 19.1. The van der Waals surface area contributed by atoms with Gasteiger partial charge in [0, 0.05) is 72.9 Å².